The molecular weight excluding hydrogens is 300 g/mol. The molecule has 140 valence electrons. The maximum absolute atomic E-state index is 10.0. The Labute approximate surface area is 149 Å². The van der Waals surface area contributed by atoms with Gasteiger partial charge in [0.1, 0.15) is 11.9 Å². The van der Waals surface area contributed by atoms with Crippen molar-refractivity contribution in [1.82, 2.24) is 0 Å². The van der Waals surface area contributed by atoms with Crippen LogP contribution in [0.25, 0.3) is 0 Å². The highest BCUT2D eigenvalue weighted by atomic mass is 16.5. The van der Waals surface area contributed by atoms with Crippen molar-refractivity contribution in [2.45, 2.75) is 86.2 Å². The summed E-state index contributed by atoms with van der Waals surface area (Å²) in [5.74, 6) is 0. The Bertz CT molecular complexity index is 349. The van der Waals surface area contributed by atoms with Crippen LogP contribution < -0.4 is 0 Å². The largest absolute Gasteiger partial charge is 0.462 e. The maximum atomic E-state index is 10.0. The average molecular weight is 339 g/mol. The van der Waals surface area contributed by atoms with Crippen molar-refractivity contribution in [3.8, 4) is 0 Å². The molecule has 0 aliphatic rings. The highest BCUT2D eigenvalue weighted by molar-refractivity contribution is 5.74. The molecule has 0 unspecified atom stereocenters. The van der Waals surface area contributed by atoms with E-state index in [0.717, 1.165) is 11.8 Å². The highest BCUT2D eigenvalue weighted by Gasteiger charge is 2.07. The molecule has 0 N–H and O–H groups in total. The summed E-state index contributed by atoms with van der Waals surface area (Å²) in [7, 11) is 0. The van der Waals surface area contributed by atoms with Crippen LogP contribution in [0.15, 0.2) is 30.3 Å². The first kappa shape index (κ1) is 27.2. The van der Waals surface area contributed by atoms with Gasteiger partial charge in [0, 0.05) is 5.56 Å². The highest BCUT2D eigenvalue weighted by Crippen LogP contribution is 2.02. The van der Waals surface area contributed by atoms with E-state index in [9.17, 15) is 9.59 Å². The first-order chi connectivity index (χ1) is 11.3. The fourth-order valence-electron chi connectivity index (χ4n) is 1.03. The van der Waals surface area contributed by atoms with E-state index in [2.05, 4.69) is 32.4 Å². The van der Waals surface area contributed by atoms with Gasteiger partial charge < -0.3 is 4.74 Å². The second-order valence-corrected chi connectivity index (χ2v) is 6.21. The summed E-state index contributed by atoms with van der Waals surface area (Å²) in [6.45, 7) is 14.7. The predicted octanol–water partition coefficient (Wildman–Crippen LogP) is 6.46. The van der Waals surface area contributed by atoms with Crippen LogP contribution in [0.2, 0.25) is 0 Å². The summed E-state index contributed by atoms with van der Waals surface area (Å²) in [6, 6.07) is 9.10. The summed E-state index contributed by atoms with van der Waals surface area (Å²) in [5, 5.41) is 0. The molecule has 3 nitrogen and oxygen atoms in total. The molecule has 0 heterocycles. The van der Waals surface area contributed by atoms with Gasteiger partial charge >= 0.3 is 0 Å². The lowest BCUT2D eigenvalue weighted by Crippen LogP contribution is -2.17. The smallest absolute Gasteiger partial charge is 0.293 e. The lowest BCUT2D eigenvalue weighted by atomic mass is 10.2. The average Bonchev–Trinajstić information content (AvgIpc) is 2.56. The molecule has 0 saturated carbocycles. The summed E-state index contributed by atoms with van der Waals surface area (Å²) >= 11 is 0. The van der Waals surface area contributed by atoms with Gasteiger partial charge in [-0.05, 0) is 20.8 Å². The van der Waals surface area contributed by atoms with E-state index in [1.165, 1.54) is 32.1 Å². The topological polar surface area (TPSA) is 43.4 Å². The Morgan fingerprint density at radius 2 is 1.29 bits per heavy atom. The third kappa shape index (κ3) is 32.3. The molecule has 1 aromatic rings. The van der Waals surface area contributed by atoms with Gasteiger partial charge in [-0.3, -0.25) is 9.59 Å². The van der Waals surface area contributed by atoms with Crippen LogP contribution in [0.1, 0.15) is 90.9 Å². The molecule has 0 amide bonds. The predicted molar refractivity (Wildman–Crippen MR) is 105 cm³/mol. The first-order valence-electron chi connectivity index (χ1n) is 8.94. The lowest BCUT2D eigenvalue weighted by Gasteiger charge is -2.14. The van der Waals surface area contributed by atoms with Gasteiger partial charge in [-0.25, -0.2) is 0 Å². The molecule has 3 heteroatoms. The molecule has 0 aromatic heterocycles. The molecule has 0 spiro atoms. The molecule has 0 aliphatic heterocycles. The minimum Gasteiger partial charge on any atom is -0.462 e. The van der Waals surface area contributed by atoms with Gasteiger partial charge in [0.25, 0.3) is 6.47 Å². The van der Waals surface area contributed by atoms with Gasteiger partial charge in [0.15, 0.2) is 0 Å². The van der Waals surface area contributed by atoms with E-state index in [4.69, 9.17) is 0 Å². The van der Waals surface area contributed by atoms with Crippen LogP contribution in [0.5, 0.6) is 0 Å². The van der Waals surface area contributed by atoms with Crippen molar-refractivity contribution < 1.29 is 14.3 Å². The number of rotatable bonds is 5. The zero-order chi connectivity index (χ0) is 19.3. The molecule has 1 aromatic carbocycles. The second kappa shape index (κ2) is 21.4. The van der Waals surface area contributed by atoms with Crippen LogP contribution in [0.3, 0.4) is 0 Å². The molecule has 24 heavy (non-hydrogen) atoms. The van der Waals surface area contributed by atoms with E-state index >= 15 is 0 Å². The first-order valence-corrected chi connectivity index (χ1v) is 8.94. The standard InChI is InChI=1S/C7H6O.C5H10O2.C5H12.C4H10/c8-6-7-4-2-1-3-5-7;1-5(2,3)7-4-6;1-3-5-4-2;1-3-4-2/h1-6H;4H,1-3H3;3-5H2,1-2H3;3-4H2,1-2H3. The van der Waals surface area contributed by atoms with Crippen LogP contribution in [0, 0.1) is 0 Å². The summed E-state index contributed by atoms with van der Waals surface area (Å²) < 4.78 is 4.55. The quantitative estimate of drug-likeness (QED) is 0.579. The number of ether oxygens (including phenoxy) is 1. The minimum atomic E-state index is -0.318. The fourth-order valence-corrected chi connectivity index (χ4v) is 1.03. The van der Waals surface area contributed by atoms with Crippen LogP contribution in [-0.2, 0) is 9.53 Å². The van der Waals surface area contributed by atoms with E-state index in [1.807, 2.05) is 39.0 Å². The van der Waals surface area contributed by atoms with Crippen molar-refractivity contribution in [1.29, 1.82) is 0 Å². The van der Waals surface area contributed by atoms with E-state index < -0.39 is 0 Å². The Morgan fingerprint density at radius 3 is 1.42 bits per heavy atom. The number of aldehydes is 1. The third-order valence-corrected chi connectivity index (χ3v) is 2.54. The Kier molecular flexibility index (Phi) is 24.2. The van der Waals surface area contributed by atoms with Crippen LogP contribution in [0.4, 0.5) is 0 Å². The molecule has 0 radical (unpaired) electrons. The van der Waals surface area contributed by atoms with Gasteiger partial charge in [-0.2, -0.15) is 0 Å². The number of carbonyl (C=O) groups is 2. The van der Waals surface area contributed by atoms with E-state index in [1.54, 1.807) is 12.1 Å². The molecular formula is C21H38O3. The van der Waals surface area contributed by atoms with Crippen molar-refractivity contribution in [3.05, 3.63) is 35.9 Å². The number of hydrogen-bond acceptors (Lipinski definition) is 3. The second-order valence-electron chi connectivity index (χ2n) is 6.21. The van der Waals surface area contributed by atoms with Crippen molar-refractivity contribution in [2.75, 3.05) is 0 Å². The normalized spacial score (nSPS) is 8.96. The van der Waals surface area contributed by atoms with Gasteiger partial charge in [-0.1, -0.05) is 90.1 Å². The summed E-state index contributed by atoms with van der Waals surface area (Å²) in [6.07, 6.45) is 7.55. The van der Waals surface area contributed by atoms with Gasteiger partial charge in [0.05, 0.1) is 0 Å². The van der Waals surface area contributed by atoms with Crippen molar-refractivity contribution in [3.63, 3.8) is 0 Å². The van der Waals surface area contributed by atoms with E-state index in [-0.39, 0.29) is 5.60 Å². The zero-order valence-corrected chi connectivity index (χ0v) is 16.8. The number of unbranched alkanes of at least 4 members (excludes halogenated alkanes) is 3. The van der Waals surface area contributed by atoms with Crippen molar-refractivity contribution in [2.24, 2.45) is 0 Å². The Balaban J connectivity index is -0.000000255. The Morgan fingerprint density at radius 1 is 0.833 bits per heavy atom. The maximum Gasteiger partial charge on any atom is 0.293 e. The molecule has 0 saturated heterocycles. The Hall–Kier alpha value is -1.64. The number of carbonyl (C=O) groups excluding carboxylic acids is 2. The summed E-state index contributed by atoms with van der Waals surface area (Å²) in [4.78, 5) is 19.6. The summed E-state index contributed by atoms with van der Waals surface area (Å²) in [5.41, 5.74) is 0.411. The minimum absolute atomic E-state index is 0.318. The molecule has 0 atom stereocenters. The lowest BCUT2D eigenvalue weighted by molar-refractivity contribution is -0.138. The third-order valence-electron chi connectivity index (χ3n) is 2.54. The monoisotopic (exact) mass is 338 g/mol. The van der Waals surface area contributed by atoms with Crippen molar-refractivity contribution >= 4 is 12.8 Å². The van der Waals surface area contributed by atoms with Crippen LogP contribution in [-0.4, -0.2) is 18.4 Å². The van der Waals surface area contributed by atoms with Gasteiger partial charge in [-0.15, -0.1) is 0 Å². The van der Waals surface area contributed by atoms with Gasteiger partial charge in [0.2, 0.25) is 0 Å². The SMILES string of the molecule is CC(C)(C)OC=O.CCCC.CCCCC.O=Cc1ccccc1. The molecule has 0 aliphatic carbocycles. The number of hydrogen-bond donors (Lipinski definition) is 0. The number of benzene rings is 1. The van der Waals surface area contributed by atoms with E-state index in [0.29, 0.717) is 6.47 Å². The molecule has 1 rings (SSSR count). The molecule has 0 fully saturated rings. The molecule has 0 bridgehead atoms. The van der Waals surface area contributed by atoms with Crippen LogP contribution >= 0.6 is 0 Å². The fraction of sp³-hybridized carbons (Fsp3) is 0.619. The zero-order valence-electron chi connectivity index (χ0n) is 16.8.